The van der Waals surface area contributed by atoms with Crippen molar-refractivity contribution in [2.24, 2.45) is 0 Å². The summed E-state index contributed by atoms with van der Waals surface area (Å²) in [4.78, 5) is 38.9. The molecule has 3 rings (SSSR count). The molecule has 5 heteroatoms. The Bertz CT molecular complexity index is 953. The first kappa shape index (κ1) is 42.0. The van der Waals surface area contributed by atoms with Gasteiger partial charge in [0.2, 0.25) is 0 Å². The topological polar surface area (TPSA) is 68.3 Å². The minimum Gasteiger partial charge on any atom is -0.545 e. The van der Waals surface area contributed by atoms with Crippen LogP contribution in [0.15, 0.2) is 109 Å². The molecule has 0 N–H and O–H groups in total. The zero-order chi connectivity index (χ0) is 28.7. The first-order valence-electron chi connectivity index (χ1n) is 11.9. The van der Waals surface area contributed by atoms with Gasteiger partial charge < -0.3 is 9.59 Å². The van der Waals surface area contributed by atoms with Crippen molar-refractivity contribution in [1.82, 2.24) is 0 Å². The van der Waals surface area contributed by atoms with Crippen LogP contribution in [0, 0.1) is 6.07 Å². The molecule has 0 heterocycles. The number of allylic oxidation sites excluding steroid dienone is 3. The van der Waals surface area contributed by atoms with Gasteiger partial charge in [0, 0.05) is 39.1 Å². The van der Waals surface area contributed by atoms with Gasteiger partial charge in [-0.25, -0.2) is 0 Å². The average Bonchev–Trinajstić information content (AvgIpc) is 2.92. The number of ketones is 3. The van der Waals surface area contributed by atoms with Crippen LogP contribution in [0.25, 0.3) is 6.08 Å². The Morgan fingerprint density at radius 2 is 1.16 bits per heavy atom. The van der Waals surface area contributed by atoms with Crippen LogP contribution in [-0.2, 0) is 58.3 Å². The number of hydrogen-bond donors (Lipinski definition) is 0. The fourth-order valence-corrected chi connectivity index (χ4v) is 2.19. The molecular formula is C33H40O4Y-2. The molecule has 0 atom stereocenters. The number of carbonyl (C=O) groups is 3. The minimum absolute atomic E-state index is 0. The zero-order valence-corrected chi connectivity index (χ0v) is 26.3. The molecule has 0 aromatic heterocycles. The van der Waals surface area contributed by atoms with E-state index >= 15 is 0 Å². The summed E-state index contributed by atoms with van der Waals surface area (Å²) in [6.07, 6.45) is 7.21. The molecule has 3 aromatic rings. The van der Waals surface area contributed by atoms with Crippen LogP contribution in [0.4, 0.5) is 0 Å². The first-order chi connectivity index (χ1) is 17.8. The standard InChI is InChI=1S/C16H14O.C6H5.C5H8O.C3H6O.C2H6.CHO.Y/c17-16(13-15-9-5-2-6-10-15)12-11-14-7-3-1-4-8-14;1-2-4-6-5-3-1;1-3-4-5(2)6;1-3(2)4;2*1-2;/h1-12H,13H2;1-5H;3-4H,1-2H3;1-2H3;1-2H3;1H;/q;-1;;;;-1;/b12-11+;;;;;;. The Morgan fingerprint density at radius 3 is 1.47 bits per heavy atom. The Labute approximate surface area is 255 Å². The second-order valence-electron chi connectivity index (χ2n) is 6.97. The van der Waals surface area contributed by atoms with Gasteiger partial charge in [-0.15, -0.1) is 0 Å². The molecule has 0 fully saturated rings. The van der Waals surface area contributed by atoms with E-state index in [9.17, 15) is 14.4 Å². The van der Waals surface area contributed by atoms with Crippen LogP contribution >= 0.6 is 0 Å². The van der Waals surface area contributed by atoms with Gasteiger partial charge in [0.15, 0.2) is 11.6 Å². The van der Waals surface area contributed by atoms with E-state index in [4.69, 9.17) is 4.79 Å². The van der Waals surface area contributed by atoms with Crippen LogP contribution in [0.2, 0.25) is 0 Å². The van der Waals surface area contributed by atoms with Crippen molar-refractivity contribution in [3.05, 3.63) is 126 Å². The minimum atomic E-state index is 0. The normalized spacial score (nSPS) is 8.47. The van der Waals surface area contributed by atoms with E-state index in [1.165, 1.54) is 26.8 Å². The third kappa shape index (κ3) is 35.1. The number of Topliss-reactive ketones (excluding diaryl/α,β-unsaturated/α-hetero) is 1. The number of carbonyl (C=O) groups excluding carboxylic acids is 4. The van der Waals surface area contributed by atoms with Crippen LogP contribution in [0.1, 0.15) is 52.7 Å². The quantitative estimate of drug-likeness (QED) is 0.176. The van der Waals surface area contributed by atoms with Crippen LogP contribution in [0.5, 0.6) is 0 Å². The summed E-state index contributed by atoms with van der Waals surface area (Å²) < 4.78 is 0. The van der Waals surface area contributed by atoms with Crippen molar-refractivity contribution in [3.63, 3.8) is 0 Å². The molecule has 0 aliphatic heterocycles. The van der Waals surface area contributed by atoms with E-state index < -0.39 is 0 Å². The van der Waals surface area contributed by atoms with Gasteiger partial charge in [-0.3, -0.25) is 16.4 Å². The maximum atomic E-state index is 11.7. The van der Waals surface area contributed by atoms with E-state index in [0.717, 1.165) is 11.1 Å². The van der Waals surface area contributed by atoms with Crippen LogP contribution in [0.3, 0.4) is 0 Å². The maximum absolute atomic E-state index is 11.7. The van der Waals surface area contributed by atoms with Crippen molar-refractivity contribution in [2.75, 3.05) is 0 Å². The van der Waals surface area contributed by atoms with Crippen molar-refractivity contribution in [2.45, 2.75) is 48.0 Å². The Balaban J connectivity index is -0.000000229. The summed E-state index contributed by atoms with van der Waals surface area (Å²) in [5.41, 5.74) is 2.10. The van der Waals surface area contributed by atoms with Gasteiger partial charge in [-0.2, -0.15) is 36.4 Å². The molecule has 201 valence electrons. The summed E-state index contributed by atoms with van der Waals surface area (Å²) >= 11 is 0. The Hall–Kier alpha value is -3.08. The van der Waals surface area contributed by atoms with E-state index in [2.05, 4.69) is 12.9 Å². The van der Waals surface area contributed by atoms with Crippen LogP contribution < -0.4 is 0 Å². The molecule has 0 aliphatic carbocycles. The zero-order valence-electron chi connectivity index (χ0n) is 23.5. The summed E-state index contributed by atoms with van der Waals surface area (Å²) in [7, 11) is 0. The van der Waals surface area contributed by atoms with E-state index in [-0.39, 0.29) is 50.1 Å². The van der Waals surface area contributed by atoms with Gasteiger partial charge in [0.1, 0.15) is 5.78 Å². The maximum Gasteiger partial charge on any atom is 0.160 e. The Morgan fingerprint density at radius 1 is 0.737 bits per heavy atom. The third-order valence-electron chi connectivity index (χ3n) is 3.49. The fraction of sp³-hybridized carbons (Fsp3) is 0.212. The largest absolute Gasteiger partial charge is 0.545 e. The number of rotatable bonds is 5. The van der Waals surface area contributed by atoms with E-state index in [1.807, 2.05) is 118 Å². The number of benzene rings is 3. The summed E-state index contributed by atoms with van der Waals surface area (Å²) in [6.45, 7) is 13.7. The number of hydrogen-bond acceptors (Lipinski definition) is 4. The van der Waals surface area contributed by atoms with Crippen molar-refractivity contribution >= 4 is 30.2 Å². The predicted octanol–water partition coefficient (Wildman–Crippen LogP) is 7.49. The van der Waals surface area contributed by atoms with Crippen LogP contribution in [-0.4, -0.2) is 24.1 Å². The monoisotopic (exact) mass is 589 g/mol. The predicted molar refractivity (Wildman–Crippen MR) is 156 cm³/mol. The molecular weight excluding hydrogens is 549 g/mol. The van der Waals surface area contributed by atoms with Gasteiger partial charge in [-0.05, 0) is 51.0 Å². The molecule has 4 nitrogen and oxygen atoms in total. The molecule has 0 aliphatic rings. The summed E-state index contributed by atoms with van der Waals surface area (Å²) in [5, 5.41) is 0. The van der Waals surface area contributed by atoms with Crippen molar-refractivity contribution in [3.8, 4) is 0 Å². The molecule has 1 radical (unpaired) electrons. The van der Waals surface area contributed by atoms with Crippen molar-refractivity contribution < 1.29 is 51.9 Å². The van der Waals surface area contributed by atoms with Gasteiger partial charge in [0.05, 0.1) is 0 Å². The van der Waals surface area contributed by atoms with Crippen molar-refractivity contribution in [1.29, 1.82) is 0 Å². The first-order valence-corrected chi connectivity index (χ1v) is 11.9. The summed E-state index contributed by atoms with van der Waals surface area (Å²) in [6, 6.07) is 32.1. The Kier molecular flexibility index (Phi) is 37.5. The molecule has 3 aromatic carbocycles. The third-order valence-corrected chi connectivity index (χ3v) is 3.49. The molecule has 38 heavy (non-hydrogen) atoms. The molecule has 0 spiro atoms. The SMILES string of the molecule is CC.CC(C)=O.CC=CC(C)=O.O=C(/C=C/c1ccccc1)Cc1ccccc1.[CH-]=O.[Y].[c-]1ccccc1. The average molecular weight is 590 g/mol. The molecule has 0 saturated heterocycles. The second kappa shape index (κ2) is 33.9. The molecule has 0 amide bonds. The molecule has 0 bridgehead atoms. The second-order valence-corrected chi connectivity index (χ2v) is 6.97. The van der Waals surface area contributed by atoms with Gasteiger partial charge in [-0.1, -0.05) is 86.7 Å². The molecule has 0 unspecified atom stereocenters. The van der Waals surface area contributed by atoms with Gasteiger partial charge in [0.25, 0.3) is 0 Å². The molecule has 0 saturated carbocycles. The fourth-order valence-electron chi connectivity index (χ4n) is 2.19. The summed E-state index contributed by atoms with van der Waals surface area (Å²) in [5.74, 6) is 0.401. The smallest absolute Gasteiger partial charge is 0.160 e. The van der Waals surface area contributed by atoms with Gasteiger partial charge >= 0.3 is 0 Å². The van der Waals surface area contributed by atoms with E-state index in [0.29, 0.717) is 6.42 Å². The van der Waals surface area contributed by atoms with E-state index in [1.54, 1.807) is 12.2 Å².